The SMILES string of the molecule is CC(C)(C)OC(=O)N1CCC2(CC1)CNCC2CO. The molecule has 0 aromatic heterocycles. The van der Waals surface area contributed by atoms with Crippen LogP contribution in [0, 0.1) is 11.3 Å². The average molecular weight is 270 g/mol. The van der Waals surface area contributed by atoms with Crippen LogP contribution in [0.4, 0.5) is 4.79 Å². The summed E-state index contributed by atoms with van der Waals surface area (Å²) in [5.41, 5.74) is -0.262. The first-order valence-electron chi connectivity index (χ1n) is 7.16. The maximum atomic E-state index is 12.0. The first kappa shape index (κ1) is 14.6. The Morgan fingerprint density at radius 3 is 2.58 bits per heavy atom. The van der Waals surface area contributed by atoms with Gasteiger partial charge in [-0.1, -0.05) is 0 Å². The molecule has 1 atom stereocenters. The third kappa shape index (κ3) is 3.20. The number of aliphatic hydroxyl groups is 1. The minimum atomic E-state index is -0.436. The lowest BCUT2D eigenvalue weighted by Gasteiger charge is -2.42. The molecule has 2 fully saturated rings. The summed E-state index contributed by atoms with van der Waals surface area (Å²) in [6.07, 6.45) is 1.68. The van der Waals surface area contributed by atoms with Gasteiger partial charge < -0.3 is 20.1 Å². The summed E-state index contributed by atoms with van der Waals surface area (Å²) in [6.45, 7) is 9.21. The van der Waals surface area contributed by atoms with Crippen LogP contribution in [0.1, 0.15) is 33.6 Å². The van der Waals surface area contributed by atoms with E-state index in [4.69, 9.17) is 4.74 Å². The van der Waals surface area contributed by atoms with Gasteiger partial charge in [-0.3, -0.25) is 0 Å². The Morgan fingerprint density at radius 2 is 2.05 bits per heavy atom. The third-order valence-corrected chi connectivity index (χ3v) is 4.37. The molecule has 2 heterocycles. The standard InChI is InChI=1S/C14H26N2O3/c1-13(2,3)19-12(18)16-6-4-14(5-7-16)10-15-8-11(14)9-17/h11,15,17H,4-10H2,1-3H3. The summed E-state index contributed by atoms with van der Waals surface area (Å²) >= 11 is 0. The van der Waals surface area contributed by atoms with Crippen molar-refractivity contribution in [2.75, 3.05) is 32.8 Å². The molecule has 0 aliphatic carbocycles. The van der Waals surface area contributed by atoms with Crippen molar-refractivity contribution in [1.29, 1.82) is 0 Å². The number of carbonyl (C=O) groups excluding carboxylic acids is 1. The molecule has 2 aliphatic heterocycles. The average Bonchev–Trinajstić information content (AvgIpc) is 2.70. The van der Waals surface area contributed by atoms with Gasteiger partial charge in [0.05, 0.1) is 0 Å². The predicted molar refractivity (Wildman–Crippen MR) is 72.9 cm³/mol. The number of ether oxygens (including phenoxy) is 1. The fraction of sp³-hybridized carbons (Fsp3) is 0.929. The fourth-order valence-corrected chi connectivity index (χ4v) is 3.16. The molecule has 1 amide bonds. The van der Waals surface area contributed by atoms with E-state index in [2.05, 4.69) is 5.32 Å². The summed E-state index contributed by atoms with van der Waals surface area (Å²) < 4.78 is 5.40. The number of hydrogen-bond acceptors (Lipinski definition) is 4. The molecule has 19 heavy (non-hydrogen) atoms. The number of nitrogens with zero attached hydrogens (tertiary/aromatic N) is 1. The molecular formula is C14H26N2O3. The maximum Gasteiger partial charge on any atom is 0.410 e. The Labute approximate surface area is 115 Å². The molecule has 1 unspecified atom stereocenters. The van der Waals surface area contributed by atoms with Gasteiger partial charge in [0.2, 0.25) is 0 Å². The number of nitrogens with one attached hydrogen (secondary N) is 1. The van der Waals surface area contributed by atoms with Gasteiger partial charge in [0, 0.05) is 38.7 Å². The van der Waals surface area contributed by atoms with Crippen LogP contribution in [0.15, 0.2) is 0 Å². The van der Waals surface area contributed by atoms with Crippen LogP contribution in [-0.4, -0.2) is 54.5 Å². The summed E-state index contributed by atoms with van der Waals surface area (Å²) in [5.74, 6) is 0.327. The molecular weight excluding hydrogens is 244 g/mol. The zero-order valence-electron chi connectivity index (χ0n) is 12.2. The van der Waals surface area contributed by atoms with Gasteiger partial charge in [0.15, 0.2) is 0 Å². The van der Waals surface area contributed by atoms with E-state index in [1.807, 2.05) is 20.8 Å². The number of rotatable bonds is 1. The summed E-state index contributed by atoms with van der Waals surface area (Å²) in [7, 11) is 0. The lowest BCUT2D eigenvalue weighted by Crippen LogP contribution is -2.48. The second-order valence-electron chi connectivity index (χ2n) is 6.84. The largest absolute Gasteiger partial charge is 0.444 e. The van der Waals surface area contributed by atoms with E-state index in [1.54, 1.807) is 4.90 Å². The quantitative estimate of drug-likeness (QED) is 0.752. The van der Waals surface area contributed by atoms with Gasteiger partial charge >= 0.3 is 6.09 Å². The van der Waals surface area contributed by atoms with Crippen LogP contribution in [0.5, 0.6) is 0 Å². The van der Waals surface area contributed by atoms with Crippen molar-refractivity contribution in [3.8, 4) is 0 Å². The number of hydrogen-bond donors (Lipinski definition) is 2. The lowest BCUT2D eigenvalue weighted by molar-refractivity contribution is 0.00262. The lowest BCUT2D eigenvalue weighted by atomic mass is 9.71. The minimum Gasteiger partial charge on any atom is -0.444 e. The first-order valence-corrected chi connectivity index (χ1v) is 7.16. The third-order valence-electron chi connectivity index (χ3n) is 4.37. The molecule has 0 radical (unpaired) electrons. The van der Waals surface area contributed by atoms with Gasteiger partial charge in [0.1, 0.15) is 5.60 Å². The van der Waals surface area contributed by atoms with Crippen molar-refractivity contribution >= 4 is 6.09 Å². The highest BCUT2D eigenvalue weighted by atomic mass is 16.6. The van der Waals surface area contributed by atoms with Crippen molar-refractivity contribution in [3.05, 3.63) is 0 Å². The molecule has 0 aromatic rings. The second-order valence-corrected chi connectivity index (χ2v) is 6.84. The van der Waals surface area contributed by atoms with Crippen LogP contribution >= 0.6 is 0 Å². The topological polar surface area (TPSA) is 61.8 Å². The molecule has 1 spiro atoms. The molecule has 2 aliphatic rings. The highest BCUT2D eigenvalue weighted by Gasteiger charge is 2.45. The Hall–Kier alpha value is -0.810. The van der Waals surface area contributed by atoms with Gasteiger partial charge in [-0.05, 0) is 39.0 Å². The van der Waals surface area contributed by atoms with E-state index in [0.29, 0.717) is 5.92 Å². The molecule has 5 heteroatoms. The number of amides is 1. The van der Waals surface area contributed by atoms with Crippen molar-refractivity contribution in [2.24, 2.45) is 11.3 Å². The van der Waals surface area contributed by atoms with Crippen molar-refractivity contribution in [2.45, 2.75) is 39.2 Å². The molecule has 0 bridgehead atoms. The molecule has 0 aromatic carbocycles. The van der Waals surface area contributed by atoms with Crippen LogP contribution in [0.2, 0.25) is 0 Å². The molecule has 110 valence electrons. The molecule has 0 saturated carbocycles. The summed E-state index contributed by atoms with van der Waals surface area (Å²) in [6, 6.07) is 0. The number of carbonyl (C=O) groups is 1. The highest BCUT2D eigenvalue weighted by molar-refractivity contribution is 5.68. The van der Waals surface area contributed by atoms with E-state index in [-0.39, 0.29) is 18.1 Å². The monoisotopic (exact) mass is 270 g/mol. The molecule has 2 saturated heterocycles. The highest BCUT2D eigenvalue weighted by Crippen LogP contribution is 2.41. The predicted octanol–water partition coefficient (Wildman–Crippen LogP) is 1.22. The Balaban J connectivity index is 1.90. The van der Waals surface area contributed by atoms with Crippen molar-refractivity contribution < 1.29 is 14.6 Å². The maximum absolute atomic E-state index is 12.0. The second kappa shape index (κ2) is 5.29. The Kier molecular flexibility index (Phi) is 4.06. The van der Waals surface area contributed by atoms with Gasteiger partial charge in [-0.25, -0.2) is 4.79 Å². The number of aliphatic hydroxyl groups excluding tert-OH is 1. The van der Waals surface area contributed by atoms with Crippen LogP contribution < -0.4 is 5.32 Å². The normalized spacial score (nSPS) is 26.7. The van der Waals surface area contributed by atoms with Gasteiger partial charge in [-0.15, -0.1) is 0 Å². The van der Waals surface area contributed by atoms with Gasteiger partial charge in [-0.2, -0.15) is 0 Å². The van der Waals surface area contributed by atoms with Crippen molar-refractivity contribution in [1.82, 2.24) is 10.2 Å². The molecule has 2 N–H and O–H groups in total. The van der Waals surface area contributed by atoms with Crippen LogP contribution in [-0.2, 0) is 4.74 Å². The van der Waals surface area contributed by atoms with Crippen LogP contribution in [0.25, 0.3) is 0 Å². The first-order chi connectivity index (χ1) is 8.86. The van der Waals surface area contributed by atoms with E-state index in [9.17, 15) is 9.90 Å². The van der Waals surface area contributed by atoms with E-state index in [1.165, 1.54) is 0 Å². The van der Waals surface area contributed by atoms with Gasteiger partial charge in [0.25, 0.3) is 0 Å². The smallest absolute Gasteiger partial charge is 0.410 e. The summed E-state index contributed by atoms with van der Waals surface area (Å²) in [5, 5.41) is 12.8. The zero-order valence-corrected chi connectivity index (χ0v) is 12.2. The zero-order chi connectivity index (χ0) is 14.1. The van der Waals surface area contributed by atoms with Crippen molar-refractivity contribution in [3.63, 3.8) is 0 Å². The Morgan fingerprint density at radius 1 is 1.42 bits per heavy atom. The summed E-state index contributed by atoms with van der Waals surface area (Å²) in [4.78, 5) is 13.8. The Bertz CT molecular complexity index is 330. The molecule has 2 rings (SSSR count). The molecule has 5 nitrogen and oxygen atoms in total. The van der Waals surface area contributed by atoms with E-state index < -0.39 is 5.60 Å². The minimum absolute atomic E-state index is 0.174. The van der Waals surface area contributed by atoms with E-state index >= 15 is 0 Å². The fourth-order valence-electron chi connectivity index (χ4n) is 3.16. The van der Waals surface area contributed by atoms with E-state index in [0.717, 1.165) is 39.0 Å². The number of piperidine rings is 1. The van der Waals surface area contributed by atoms with Crippen LogP contribution in [0.3, 0.4) is 0 Å². The number of likely N-dealkylation sites (tertiary alicyclic amines) is 1.